The van der Waals surface area contributed by atoms with E-state index in [0.717, 1.165) is 11.5 Å². The molecule has 0 amide bonds. The molecule has 7 heteroatoms. The number of rotatable bonds is 4. The lowest BCUT2D eigenvalue weighted by Gasteiger charge is -2.08. The second-order valence-corrected chi connectivity index (χ2v) is 3.46. The van der Waals surface area contributed by atoms with E-state index >= 15 is 0 Å². The molecule has 1 aromatic rings. The summed E-state index contributed by atoms with van der Waals surface area (Å²) in [7, 11) is 0. The van der Waals surface area contributed by atoms with Crippen LogP contribution in [0.1, 0.15) is 31.1 Å². The van der Waals surface area contributed by atoms with Gasteiger partial charge in [-0.05, 0) is 24.4 Å². The van der Waals surface area contributed by atoms with Crippen molar-refractivity contribution in [1.82, 2.24) is 9.59 Å². The molecule has 0 bridgehead atoms. The van der Waals surface area contributed by atoms with Gasteiger partial charge < -0.3 is 5.11 Å². The zero-order valence-electron chi connectivity index (χ0n) is 7.16. The highest BCUT2D eigenvalue weighted by atomic mass is 32.1. The molecule has 0 saturated carbocycles. The first-order valence-electron chi connectivity index (χ1n) is 4.01. The molecule has 0 fully saturated rings. The highest BCUT2D eigenvalue weighted by molar-refractivity contribution is 7.03. The number of aliphatic hydroxyl groups excluding tert-OH is 1. The topological polar surface area (TPSA) is 46.0 Å². The number of alkyl halides is 3. The zero-order valence-corrected chi connectivity index (χ0v) is 7.98. The molecule has 1 rings (SSSR count). The molecule has 3 nitrogen and oxygen atoms in total. The van der Waals surface area contributed by atoms with Crippen molar-refractivity contribution >= 4 is 11.5 Å². The predicted octanol–water partition coefficient (Wildman–Crippen LogP) is 2.30. The number of aromatic nitrogens is 2. The molecule has 0 radical (unpaired) electrons. The van der Waals surface area contributed by atoms with Gasteiger partial charge in [-0.2, -0.15) is 13.2 Å². The number of nitrogens with zero attached hydrogens (tertiary/aromatic N) is 2. The lowest BCUT2D eigenvalue weighted by molar-refractivity contribution is -0.136. The van der Waals surface area contributed by atoms with Crippen molar-refractivity contribution in [3.8, 4) is 0 Å². The molecule has 0 aliphatic rings. The van der Waals surface area contributed by atoms with Crippen LogP contribution in [0, 0.1) is 0 Å². The Kier molecular flexibility index (Phi) is 3.82. The number of hydrogen-bond acceptors (Lipinski definition) is 4. The summed E-state index contributed by atoms with van der Waals surface area (Å²) in [6.45, 7) is 0. The van der Waals surface area contributed by atoms with Gasteiger partial charge in [-0.15, -0.1) is 5.10 Å². The summed E-state index contributed by atoms with van der Waals surface area (Å²) < 4.78 is 38.7. The molecule has 1 heterocycles. The standard InChI is InChI=1S/C7H9F3N2OS/c8-7(9,10)3-1-2-6(13)5-4-14-12-11-5/h4,6,13H,1-3H2. The van der Waals surface area contributed by atoms with Gasteiger partial charge >= 0.3 is 6.18 Å². The third-order valence-corrected chi connectivity index (χ3v) is 2.18. The molecular weight excluding hydrogens is 217 g/mol. The van der Waals surface area contributed by atoms with Crippen LogP contribution in [0.5, 0.6) is 0 Å². The van der Waals surface area contributed by atoms with E-state index in [4.69, 9.17) is 0 Å². The van der Waals surface area contributed by atoms with Crippen molar-refractivity contribution in [3.05, 3.63) is 11.1 Å². The average Bonchev–Trinajstić information content (AvgIpc) is 2.53. The van der Waals surface area contributed by atoms with Crippen molar-refractivity contribution in [2.45, 2.75) is 31.5 Å². The minimum atomic E-state index is -4.15. The molecule has 1 unspecified atom stereocenters. The Hall–Kier alpha value is -0.690. The Balaban J connectivity index is 2.26. The van der Waals surface area contributed by atoms with Gasteiger partial charge in [0.2, 0.25) is 0 Å². The molecule has 0 aliphatic heterocycles. The molecule has 0 spiro atoms. The van der Waals surface area contributed by atoms with E-state index in [0.29, 0.717) is 5.69 Å². The fourth-order valence-electron chi connectivity index (χ4n) is 0.961. The number of halogens is 3. The van der Waals surface area contributed by atoms with Gasteiger partial charge in [-0.25, -0.2) is 0 Å². The van der Waals surface area contributed by atoms with E-state index in [1.165, 1.54) is 5.38 Å². The minimum Gasteiger partial charge on any atom is -0.387 e. The SMILES string of the molecule is OC(CCCC(F)(F)F)c1csnn1. The first-order chi connectivity index (χ1) is 6.49. The molecule has 0 aromatic carbocycles. The summed E-state index contributed by atoms with van der Waals surface area (Å²) in [6, 6.07) is 0. The Bertz CT molecular complexity index is 262. The van der Waals surface area contributed by atoms with Crippen LogP contribution in [0.2, 0.25) is 0 Å². The maximum absolute atomic E-state index is 11.7. The molecule has 0 saturated heterocycles. The summed E-state index contributed by atoms with van der Waals surface area (Å²) >= 11 is 1.06. The van der Waals surface area contributed by atoms with Crippen LogP contribution >= 0.6 is 11.5 Å². The van der Waals surface area contributed by atoms with Crippen LogP contribution in [0.3, 0.4) is 0 Å². The third kappa shape index (κ3) is 4.01. The molecule has 0 aliphatic carbocycles. The van der Waals surface area contributed by atoms with Gasteiger partial charge in [0.1, 0.15) is 5.69 Å². The monoisotopic (exact) mass is 226 g/mol. The average molecular weight is 226 g/mol. The van der Waals surface area contributed by atoms with Crippen molar-refractivity contribution < 1.29 is 18.3 Å². The van der Waals surface area contributed by atoms with Crippen LogP contribution in [-0.4, -0.2) is 20.9 Å². The normalized spacial score (nSPS) is 14.3. The van der Waals surface area contributed by atoms with Crippen LogP contribution in [0.25, 0.3) is 0 Å². The van der Waals surface area contributed by atoms with E-state index in [1.807, 2.05) is 0 Å². The van der Waals surface area contributed by atoms with Crippen LogP contribution in [-0.2, 0) is 0 Å². The lowest BCUT2D eigenvalue weighted by atomic mass is 10.1. The fraction of sp³-hybridized carbons (Fsp3) is 0.714. The smallest absolute Gasteiger partial charge is 0.387 e. The zero-order chi connectivity index (χ0) is 10.6. The van der Waals surface area contributed by atoms with Crippen LogP contribution in [0.4, 0.5) is 13.2 Å². The summed E-state index contributed by atoms with van der Waals surface area (Å²) in [5, 5.41) is 14.4. The quantitative estimate of drug-likeness (QED) is 0.856. The molecule has 1 N–H and O–H groups in total. The largest absolute Gasteiger partial charge is 0.389 e. The molecule has 80 valence electrons. The first-order valence-corrected chi connectivity index (χ1v) is 4.84. The fourth-order valence-corrected chi connectivity index (χ4v) is 1.46. The van der Waals surface area contributed by atoms with E-state index in [-0.39, 0.29) is 12.8 Å². The molecular formula is C7H9F3N2OS. The Morgan fingerprint density at radius 1 is 1.50 bits per heavy atom. The maximum atomic E-state index is 11.7. The van der Waals surface area contributed by atoms with E-state index in [9.17, 15) is 18.3 Å². The maximum Gasteiger partial charge on any atom is 0.389 e. The highest BCUT2D eigenvalue weighted by Crippen LogP contribution is 2.25. The summed E-state index contributed by atoms with van der Waals surface area (Å²) in [5.74, 6) is 0. The second-order valence-electron chi connectivity index (χ2n) is 2.85. The minimum absolute atomic E-state index is 0.0604. The lowest BCUT2D eigenvalue weighted by Crippen LogP contribution is -2.08. The number of aliphatic hydroxyl groups is 1. The van der Waals surface area contributed by atoms with E-state index < -0.39 is 18.7 Å². The molecule has 1 atom stereocenters. The Morgan fingerprint density at radius 3 is 2.71 bits per heavy atom. The molecule has 1 aromatic heterocycles. The summed E-state index contributed by atoms with van der Waals surface area (Å²) in [6.07, 6.45) is -5.99. The molecule has 14 heavy (non-hydrogen) atoms. The van der Waals surface area contributed by atoms with Gasteiger partial charge in [0.05, 0.1) is 6.10 Å². The van der Waals surface area contributed by atoms with Crippen LogP contribution < -0.4 is 0 Å². The van der Waals surface area contributed by atoms with Crippen molar-refractivity contribution in [3.63, 3.8) is 0 Å². The van der Waals surface area contributed by atoms with Gasteiger partial charge in [-0.3, -0.25) is 0 Å². The second kappa shape index (κ2) is 4.70. The van der Waals surface area contributed by atoms with Crippen molar-refractivity contribution in [2.24, 2.45) is 0 Å². The predicted molar refractivity (Wildman–Crippen MR) is 44.8 cm³/mol. The first kappa shape index (κ1) is 11.4. The Morgan fingerprint density at radius 2 is 2.21 bits per heavy atom. The third-order valence-electron chi connectivity index (χ3n) is 1.66. The van der Waals surface area contributed by atoms with Gasteiger partial charge in [-0.1, -0.05) is 4.49 Å². The highest BCUT2D eigenvalue weighted by Gasteiger charge is 2.26. The van der Waals surface area contributed by atoms with Crippen LogP contribution in [0.15, 0.2) is 5.38 Å². The Labute approximate surface area is 82.7 Å². The van der Waals surface area contributed by atoms with Gasteiger partial charge in [0, 0.05) is 11.8 Å². The van der Waals surface area contributed by atoms with E-state index in [1.54, 1.807) is 0 Å². The van der Waals surface area contributed by atoms with Crippen molar-refractivity contribution in [2.75, 3.05) is 0 Å². The summed E-state index contributed by atoms with van der Waals surface area (Å²) in [4.78, 5) is 0. The van der Waals surface area contributed by atoms with Gasteiger partial charge in [0.25, 0.3) is 0 Å². The van der Waals surface area contributed by atoms with Gasteiger partial charge in [0.15, 0.2) is 0 Å². The summed E-state index contributed by atoms with van der Waals surface area (Å²) in [5.41, 5.74) is 0.345. The number of hydrogen-bond donors (Lipinski definition) is 1. The van der Waals surface area contributed by atoms with Crippen molar-refractivity contribution in [1.29, 1.82) is 0 Å². The van der Waals surface area contributed by atoms with E-state index in [2.05, 4.69) is 9.59 Å².